The minimum absolute atomic E-state index is 0.280. The second-order valence-corrected chi connectivity index (χ2v) is 6.12. The number of carboxylic acids is 1. The molecule has 6 heteroatoms. The van der Waals surface area contributed by atoms with E-state index in [1.54, 1.807) is 27.7 Å². The first-order chi connectivity index (χ1) is 9.15. The van der Waals surface area contributed by atoms with Crippen molar-refractivity contribution in [1.29, 1.82) is 0 Å². The lowest BCUT2D eigenvalue weighted by atomic mass is 9.90. The summed E-state index contributed by atoms with van der Waals surface area (Å²) in [5.74, 6) is -1.04. The number of carbonyl (C=O) groups is 2. The number of hydrogen-bond acceptors (Lipinski definition) is 4. The van der Waals surface area contributed by atoms with Gasteiger partial charge in [0.15, 0.2) is 5.54 Å². The molecule has 1 N–H and O–H groups in total. The van der Waals surface area contributed by atoms with Gasteiger partial charge < -0.3 is 14.6 Å². The quantitative estimate of drug-likeness (QED) is 0.858. The highest BCUT2D eigenvalue weighted by Crippen LogP contribution is 2.34. The lowest BCUT2D eigenvalue weighted by molar-refractivity contribution is -0.154. The third-order valence-electron chi connectivity index (χ3n) is 3.44. The van der Waals surface area contributed by atoms with Crippen LogP contribution in [-0.2, 0) is 14.3 Å². The van der Waals surface area contributed by atoms with Gasteiger partial charge in [0, 0.05) is 13.0 Å². The Bertz CT molecular complexity index is 376. The van der Waals surface area contributed by atoms with Crippen LogP contribution >= 0.6 is 0 Å². The first-order valence-electron chi connectivity index (χ1n) is 7.00. The molecule has 0 bridgehead atoms. The maximum atomic E-state index is 12.4. The summed E-state index contributed by atoms with van der Waals surface area (Å²) in [5, 5.41) is 9.65. The lowest BCUT2D eigenvalue weighted by Gasteiger charge is -2.40. The molecule has 1 heterocycles. The SMILES string of the molecule is CCCN(C(=O)OC(C)(C)C)C1(C(=O)O)CCOC1C. The van der Waals surface area contributed by atoms with Gasteiger partial charge in [-0.2, -0.15) is 0 Å². The van der Waals surface area contributed by atoms with E-state index in [0.717, 1.165) is 0 Å². The zero-order valence-corrected chi connectivity index (χ0v) is 12.9. The van der Waals surface area contributed by atoms with Crippen LogP contribution in [0.4, 0.5) is 4.79 Å². The molecule has 0 aromatic carbocycles. The van der Waals surface area contributed by atoms with E-state index in [1.807, 2.05) is 6.92 Å². The Kier molecular flexibility index (Phi) is 5.02. The van der Waals surface area contributed by atoms with Gasteiger partial charge in [-0.15, -0.1) is 0 Å². The van der Waals surface area contributed by atoms with Gasteiger partial charge in [0.05, 0.1) is 12.7 Å². The monoisotopic (exact) mass is 287 g/mol. The molecule has 2 unspecified atom stereocenters. The molecule has 1 aliphatic rings. The van der Waals surface area contributed by atoms with E-state index in [2.05, 4.69) is 0 Å². The van der Waals surface area contributed by atoms with Crippen molar-refractivity contribution in [2.75, 3.05) is 13.2 Å². The summed E-state index contributed by atoms with van der Waals surface area (Å²) in [6, 6.07) is 0. The minimum Gasteiger partial charge on any atom is -0.479 e. The van der Waals surface area contributed by atoms with Gasteiger partial charge in [0.25, 0.3) is 0 Å². The molecule has 1 fully saturated rings. The number of hydrogen-bond donors (Lipinski definition) is 1. The van der Waals surface area contributed by atoms with Crippen molar-refractivity contribution in [3.8, 4) is 0 Å². The fourth-order valence-electron chi connectivity index (χ4n) is 2.48. The highest BCUT2D eigenvalue weighted by Gasteiger charge is 2.55. The molecule has 2 atom stereocenters. The molecule has 0 spiro atoms. The third kappa shape index (κ3) is 3.23. The van der Waals surface area contributed by atoms with Crippen molar-refractivity contribution < 1.29 is 24.2 Å². The Morgan fingerprint density at radius 2 is 2.05 bits per heavy atom. The Balaban J connectivity index is 3.10. The Morgan fingerprint density at radius 1 is 1.45 bits per heavy atom. The topological polar surface area (TPSA) is 76.1 Å². The first kappa shape index (κ1) is 16.8. The van der Waals surface area contributed by atoms with Crippen LogP contribution in [0.25, 0.3) is 0 Å². The van der Waals surface area contributed by atoms with Gasteiger partial charge in [-0.25, -0.2) is 9.59 Å². The maximum absolute atomic E-state index is 12.4. The van der Waals surface area contributed by atoms with Crippen molar-refractivity contribution in [2.24, 2.45) is 0 Å². The van der Waals surface area contributed by atoms with Crippen LogP contribution in [-0.4, -0.2) is 52.5 Å². The van der Waals surface area contributed by atoms with Crippen LogP contribution in [0.3, 0.4) is 0 Å². The van der Waals surface area contributed by atoms with Gasteiger partial charge in [-0.05, 0) is 34.1 Å². The Labute approximate surface area is 120 Å². The number of rotatable bonds is 4. The molecule has 1 rings (SSSR count). The van der Waals surface area contributed by atoms with Crippen molar-refractivity contribution in [3.05, 3.63) is 0 Å². The van der Waals surface area contributed by atoms with Crippen LogP contribution < -0.4 is 0 Å². The largest absolute Gasteiger partial charge is 0.479 e. The predicted octanol–water partition coefficient (Wildman–Crippen LogP) is 2.27. The molecule has 0 saturated carbocycles. The average Bonchev–Trinajstić information content (AvgIpc) is 2.66. The van der Waals surface area contributed by atoms with Gasteiger partial charge in [0.2, 0.25) is 0 Å². The molecule has 6 nitrogen and oxygen atoms in total. The van der Waals surface area contributed by atoms with E-state index in [0.29, 0.717) is 19.6 Å². The van der Waals surface area contributed by atoms with Gasteiger partial charge in [-0.1, -0.05) is 6.92 Å². The lowest BCUT2D eigenvalue weighted by Crippen LogP contribution is -2.61. The van der Waals surface area contributed by atoms with Crippen molar-refractivity contribution in [3.63, 3.8) is 0 Å². The predicted molar refractivity (Wildman–Crippen MR) is 73.6 cm³/mol. The highest BCUT2D eigenvalue weighted by molar-refractivity contribution is 5.85. The molecule has 1 aliphatic heterocycles. The van der Waals surface area contributed by atoms with Crippen LogP contribution in [0, 0.1) is 0 Å². The standard InChI is InChI=1S/C14H25NO5/c1-6-8-15(12(18)20-13(3,4)5)14(11(16)17)7-9-19-10(14)2/h10H,6-9H2,1-5H3,(H,16,17). The van der Waals surface area contributed by atoms with Crippen LogP contribution in [0.2, 0.25) is 0 Å². The van der Waals surface area contributed by atoms with Crippen LogP contribution in [0.5, 0.6) is 0 Å². The summed E-state index contributed by atoms with van der Waals surface area (Å²) in [5.41, 5.74) is -2.00. The Morgan fingerprint density at radius 3 is 2.40 bits per heavy atom. The fraction of sp³-hybridized carbons (Fsp3) is 0.857. The molecule has 0 radical (unpaired) electrons. The van der Waals surface area contributed by atoms with Crippen molar-refractivity contribution in [1.82, 2.24) is 4.90 Å². The Hall–Kier alpha value is -1.30. The van der Waals surface area contributed by atoms with Gasteiger partial charge in [-0.3, -0.25) is 4.90 Å². The van der Waals surface area contributed by atoms with Crippen LogP contribution in [0.15, 0.2) is 0 Å². The van der Waals surface area contributed by atoms with Gasteiger partial charge >= 0.3 is 12.1 Å². The zero-order chi connectivity index (χ0) is 15.6. The third-order valence-corrected chi connectivity index (χ3v) is 3.44. The molecule has 0 aromatic heterocycles. The number of nitrogens with zero attached hydrogens (tertiary/aromatic N) is 1. The van der Waals surface area contributed by atoms with E-state index in [-0.39, 0.29) is 6.42 Å². The molecule has 1 amide bonds. The molecule has 20 heavy (non-hydrogen) atoms. The van der Waals surface area contributed by atoms with E-state index in [9.17, 15) is 14.7 Å². The molecule has 116 valence electrons. The summed E-state index contributed by atoms with van der Waals surface area (Å²) in [4.78, 5) is 25.5. The smallest absolute Gasteiger partial charge is 0.411 e. The highest BCUT2D eigenvalue weighted by atomic mass is 16.6. The van der Waals surface area contributed by atoms with Crippen molar-refractivity contribution >= 4 is 12.1 Å². The van der Waals surface area contributed by atoms with E-state index in [4.69, 9.17) is 9.47 Å². The first-order valence-corrected chi connectivity index (χ1v) is 7.00. The summed E-state index contributed by atoms with van der Waals surface area (Å²) in [6.45, 7) is 9.53. The number of ether oxygens (including phenoxy) is 2. The molecular formula is C14H25NO5. The second kappa shape index (κ2) is 5.99. The molecule has 1 saturated heterocycles. The number of aliphatic carboxylic acids is 1. The minimum atomic E-state index is -1.33. The van der Waals surface area contributed by atoms with E-state index < -0.39 is 29.3 Å². The molecular weight excluding hydrogens is 262 g/mol. The molecule has 0 aliphatic carbocycles. The number of carboxylic acid groups (broad SMARTS) is 1. The van der Waals surface area contributed by atoms with Crippen LogP contribution in [0.1, 0.15) is 47.5 Å². The second-order valence-electron chi connectivity index (χ2n) is 6.12. The zero-order valence-electron chi connectivity index (χ0n) is 12.9. The average molecular weight is 287 g/mol. The van der Waals surface area contributed by atoms with Gasteiger partial charge in [0.1, 0.15) is 5.60 Å². The molecule has 0 aromatic rings. The summed E-state index contributed by atoms with van der Waals surface area (Å²) >= 11 is 0. The summed E-state index contributed by atoms with van der Waals surface area (Å²) in [6.07, 6.45) is -0.220. The number of carbonyl (C=O) groups excluding carboxylic acids is 1. The summed E-state index contributed by atoms with van der Waals surface area (Å²) < 4.78 is 10.8. The van der Waals surface area contributed by atoms with E-state index in [1.165, 1.54) is 4.90 Å². The van der Waals surface area contributed by atoms with E-state index >= 15 is 0 Å². The fourth-order valence-corrected chi connectivity index (χ4v) is 2.48. The normalized spacial score (nSPS) is 26.4. The summed E-state index contributed by atoms with van der Waals surface area (Å²) in [7, 11) is 0. The number of amides is 1. The maximum Gasteiger partial charge on any atom is 0.411 e. The van der Waals surface area contributed by atoms with Crippen molar-refractivity contribution in [2.45, 2.75) is 64.7 Å².